The van der Waals surface area contributed by atoms with Crippen molar-refractivity contribution >= 4 is 46.8 Å². The molecule has 2 aromatic carbocycles. The first kappa shape index (κ1) is 17.9. The average molecular weight is 393 g/mol. The molecular weight excluding hydrogens is 379 g/mol. The highest BCUT2D eigenvalue weighted by Gasteiger charge is 2.12. The molecule has 1 heterocycles. The molecule has 3 rings (SSSR count). The van der Waals surface area contributed by atoms with Crippen LogP contribution in [-0.4, -0.2) is 16.8 Å². The fourth-order valence-corrected chi connectivity index (χ4v) is 3.61. The van der Waals surface area contributed by atoms with E-state index < -0.39 is 0 Å². The van der Waals surface area contributed by atoms with Crippen LogP contribution in [-0.2, 0) is 4.79 Å². The number of nitrogens with zero attached hydrogens (tertiary/aromatic N) is 1. The molecule has 1 aromatic heterocycles. The second kappa shape index (κ2) is 7.95. The Morgan fingerprint density at radius 2 is 1.84 bits per heavy atom. The van der Waals surface area contributed by atoms with E-state index in [1.165, 1.54) is 11.8 Å². The van der Waals surface area contributed by atoms with E-state index in [4.69, 9.17) is 27.7 Å². The number of benzene rings is 2. The summed E-state index contributed by atoms with van der Waals surface area (Å²) in [5.74, 6) is 0.225. The molecule has 1 N–H and O–H groups in total. The number of halogens is 2. The lowest BCUT2D eigenvalue weighted by Gasteiger charge is -2.05. The van der Waals surface area contributed by atoms with Crippen LogP contribution < -0.4 is 5.32 Å². The Bertz CT molecular complexity index is 874. The maximum Gasteiger partial charge on any atom is 0.237 e. The van der Waals surface area contributed by atoms with Crippen molar-refractivity contribution < 1.29 is 9.32 Å². The van der Waals surface area contributed by atoms with Gasteiger partial charge in [0.1, 0.15) is 5.69 Å². The summed E-state index contributed by atoms with van der Waals surface area (Å²) in [5.41, 5.74) is 2.75. The molecular formula is C18H14Cl2N2O2S. The molecule has 0 bridgehead atoms. The number of thioether (sulfide) groups is 1. The normalized spacial score (nSPS) is 10.7. The molecule has 25 heavy (non-hydrogen) atoms. The van der Waals surface area contributed by atoms with Gasteiger partial charge in [-0.2, -0.15) is 0 Å². The summed E-state index contributed by atoms with van der Waals surface area (Å²) >= 11 is 13.4. The highest BCUT2D eigenvalue weighted by atomic mass is 35.5. The zero-order valence-corrected chi connectivity index (χ0v) is 15.6. The van der Waals surface area contributed by atoms with E-state index in [0.717, 1.165) is 11.1 Å². The molecule has 7 heteroatoms. The van der Waals surface area contributed by atoms with Gasteiger partial charge in [-0.15, -0.1) is 11.8 Å². The van der Waals surface area contributed by atoms with Crippen LogP contribution in [0.3, 0.4) is 0 Å². The van der Waals surface area contributed by atoms with Gasteiger partial charge in [-0.25, -0.2) is 0 Å². The first-order valence-electron chi connectivity index (χ1n) is 7.43. The van der Waals surface area contributed by atoms with Gasteiger partial charge in [0.2, 0.25) is 11.8 Å². The third-order valence-corrected chi connectivity index (χ3v) is 5.38. The summed E-state index contributed by atoms with van der Waals surface area (Å²) in [6.45, 7) is 2.02. The van der Waals surface area contributed by atoms with Crippen LogP contribution in [0.15, 0.2) is 57.9 Å². The van der Waals surface area contributed by atoms with Crippen LogP contribution >= 0.6 is 35.0 Å². The maximum atomic E-state index is 12.1. The first-order valence-corrected chi connectivity index (χ1v) is 9.17. The number of hydrogen-bond acceptors (Lipinski definition) is 4. The molecule has 0 saturated carbocycles. The van der Waals surface area contributed by atoms with Crippen molar-refractivity contribution in [1.82, 2.24) is 5.16 Å². The van der Waals surface area contributed by atoms with Crippen LogP contribution in [0.2, 0.25) is 10.0 Å². The largest absolute Gasteiger partial charge is 0.338 e. The van der Waals surface area contributed by atoms with Crippen molar-refractivity contribution in [2.45, 2.75) is 11.8 Å². The van der Waals surface area contributed by atoms with Gasteiger partial charge in [0.25, 0.3) is 0 Å². The van der Waals surface area contributed by atoms with Gasteiger partial charge in [-0.1, -0.05) is 64.3 Å². The minimum Gasteiger partial charge on any atom is -0.338 e. The predicted molar refractivity (Wildman–Crippen MR) is 102 cm³/mol. The van der Waals surface area contributed by atoms with Crippen molar-refractivity contribution in [3.8, 4) is 11.3 Å². The van der Waals surface area contributed by atoms with Crippen LogP contribution in [0.5, 0.6) is 0 Å². The third kappa shape index (κ3) is 4.57. The van der Waals surface area contributed by atoms with E-state index in [2.05, 4.69) is 10.5 Å². The van der Waals surface area contributed by atoms with Crippen molar-refractivity contribution in [1.29, 1.82) is 0 Å². The number of anilines is 1. The summed E-state index contributed by atoms with van der Waals surface area (Å²) < 4.78 is 5.18. The van der Waals surface area contributed by atoms with Gasteiger partial charge < -0.3 is 4.52 Å². The number of amides is 1. The fraction of sp³-hybridized carbons (Fsp3) is 0.111. The molecule has 128 valence electrons. The molecule has 0 aliphatic carbocycles. The zero-order chi connectivity index (χ0) is 17.8. The van der Waals surface area contributed by atoms with Gasteiger partial charge in [-0.05, 0) is 19.1 Å². The highest BCUT2D eigenvalue weighted by Crippen LogP contribution is 2.33. The number of aromatic nitrogens is 1. The van der Waals surface area contributed by atoms with Gasteiger partial charge in [-0.3, -0.25) is 10.1 Å². The quantitative estimate of drug-likeness (QED) is 0.566. The number of nitrogens with one attached hydrogen (secondary N) is 1. The Labute approximate surface area is 159 Å². The molecule has 4 nitrogen and oxygen atoms in total. The molecule has 1 amide bonds. The van der Waals surface area contributed by atoms with E-state index in [1.54, 1.807) is 24.3 Å². The second-order valence-electron chi connectivity index (χ2n) is 5.33. The number of carbonyl (C=O) groups excluding carboxylic acids is 1. The van der Waals surface area contributed by atoms with Crippen LogP contribution in [0.4, 0.5) is 5.88 Å². The molecule has 0 radical (unpaired) electrons. The van der Waals surface area contributed by atoms with Crippen molar-refractivity contribution in [3.05, 3.63) is 64.1 Å². The van der Waals surface area contributed by atoms with E-state index in [9.17, 15) is 4.79 Å². The van der Waals surface area contributed by atoms with E-state index in [1.807, 2.05) is 31.2 Å². The summed E-state index contributed by atoms with van der Waals surface area (Å²) in [6.07, 6.45) is 0. The standard InChI is InChI=1S/C18H14Cl2N2O2S/c1-11-5-7-12(8-6-11)15-9-17(24-22-15)21-16(23)10-25-18-13(19)3-2-4-14(18)20/h2-9H,10H2,1H3,(H,21,23). The van der Waals surface area contributed by atoms with Crippen molar-refractivity contribution in [2.24, 2.45) is 0 Å². The molecule has 0 atom stereocenters. The van der Waals surface area contributed by atoms with Gasteiger partial charge in [0, 0.05) is 16.5 Å². The van der Waals surface area contributed by atoms with Crippen molar-refractivity contribution in [2.75, 3.05) is 11.1 Å². The predicted octanol–water partition coefficient (Wildman–Crippen LogP) is 5.69. The topological polar surface area (TPSA) is 55.1 Å². The lowest BCUT2D eigenvalue weighted by atomic mass is 10.1. The lowest BCUT2D eigenvalue weighted by molar-refractivity contribution is -0.113. The fourth-order valence-electron chi connectivity index (χ4n) is 2.13. The first-order chi connectivity index (χ1) is 12.0. The molecule has 0 saturated heterocycles. The second-order valence-corrected chi connectivity index (χ2v) is 7.13. The molecule has 3 aromatic rings. The van der Waals surface area contributed by atoms with E-state index in [-0.39, 0.29) is 11.7 Å². The average Bonchev–Trinajstić information content (AvgIpc) is 3.03. The Hall–Kier alpha value is -1.95. The molecule has 0 spiro atoms. The van der Waals surface area contributed by atoms with Gasteiger partial charge in [0.05, 0.1) is 15.8 Å². The summed E-state index contributed by atoms with van der Waals surface area (Å²) in [4.78, 5) is 12.8. The smallest absolute Gasteiger partial charge is 0.237 e. The van der Waals surface area contributed by atoms with E-state index >= 15 is 0 Å². The van der Waals surface area contributed by atoms with Crippen LogP contribution in [0, 0.1) is 6.92 Å². The monoisotopic (exact) mass is 392 g/mol. The summed E-state index contributed by atoms with van der Waals surface area (Å²) in [7, 11) is 0. The van der Waals surface area contributed by atoms with Crippen LogP contribution in [0.1, 0.15) is 5.56 Å². The number of carbonyl (C=O) groups is 1. The minimum absolute atomic E-state index is 0.157. The number of hydrogen-bond donors (Lipinski definition) is 1. The Balaban J connectivity index is 1.61. The Morgan fingerprint density at radius 1 is 1.16 bits per heavy atom. The number of rotatable bonds is 5. The lowest BCUT2D eigenvalue weighted by Crippen LogP contribution is -2.13. The molecule has 0 aliphatic heterocycles. The van der Waals surface area contributed by atoms with Gasteiger partial charge in [0.15, 0.2) is 0 Å². The van der Waals surface area contributed by atoms with Gasteiger partial charge >= 0.3 is 0 Å². The summed E-state index contributed by atoms with van der Waals surface area (Å²) in [5, 5.41) is 7.69. The molecule has 0 unspecified atom stereocenters. The Kier molecular flexibility index (Phi) is 5.68. The summed E-state index contributed by atoms with van der Waals surface area (Å²) in [6, 6.07) is 14.8. The van der Waals surface area contributed by atoms with Crippen molar-refractivity contribution in [3.63, 3.8) is 0 Å². The van der Waals surface area contributed by atoms with Crippen LogP contribution in [0.25, 0.3) is 11.3 Å². The number of aryl methyl sites for hydroxylation is 1. The van der Waals surface area contributed by atoms with E-state index in [0.29, 0.717) is 26.5 Å². The minimum atomic E-state index is -0.229. The maximum absolute atomic E-state index is 12.1. The molecule has 0 aliphatic rings. The Morgan fingerprint density at radius 3 is 2.52 bits per heavy atom. The molecule has 0 fully saturated rings. The third-order valence-electron chi connectivity index (χ3n) is 3.39. The SMILES string of the molecule is Cc1ccc(-c2cc(NC(=O)CSc3c(Cl)cccc3Cl)on2)cc1. The highest BCUT2D eigenvalue weighted by molar-refractivity contribution is 8.00. The zero-order valence-electron chi connectivity index (χ0n) is 13.3.